The smallest absolute Gasteiger partial charge is 0.161 e. The van der Waals surface area contributed by atoms with E-state index in [4.69, 9.17) is 19.9 Å². The van der Waals surface area contributed by atoms with E-state index >= 15 is 0 Å². The summed E-state index contributed by atoms with van der Waals surface area (Å²) >= 11 is 0. The standard InChI is InChI=1S/C14H19N3O3/c1-17-14(12(20-4)8-16-17)13(15)10-6-5-9(18-2)7-11(10)19-3/h5-8,13H,15H2,1-4H3. The quantitative estimate of drug-likeness (QED) is 0.896. The molecule has 1 atom stereocenters. The molecule has 1 aromatic carbocycles. The van der Waals surface area contributed by atoms with Gasteiger partial charge in [-0.1, -0.05) is 0 Å². The summed E-state index contributed by atoms with van der Waals surface area (Å²) in [6.07, 6.45) is 1.64. The molecule has 0 saturated heterocycles. The van der Waals surface area contributed by atoms with Crippen LogP contribution >= 0.6 is 0 Å². The molecule has 6 nitrogen and oxygen atoms in total. The van der Waals surface area contributed by atoms with Crippen molar-refractivity contribution >= 4 is 0 Å². The lowest BCUT2D eigenvalue weighted by molar-refractivity contribution is 0.387. The van der Waals surface area contributed by atoms with E-state index in [-0.39, 0.29) is 0 Å². The van der Waals surface area contributed by atoms with Crippen molar-refractivity contribution in [3.05, 3.63) is 35.7 Å². The molecule has 0 saturated carbocycles. The summed E-state index contributed by atoms with van der Waals surface area (Å²) in [6.45, 7) is 0. The first-order valence-electron chi connectivity index (χ1n) is 6.15. The van der Waals surface area contributed by atoms with Gasteiger partial charge >= 0.3 is 0 Å². The molecule has 0 fully saturated rings. The number of nitrogens with two attached hydrogens (primary N) is 1. The van der Waals surface area contributed by atoms with Gasteiger partial charge in [-0.3, -0.25) is 4.68 Å². The van der Waals surface area contributed by atoms with E-state index in [0.29, 0.717) is 11.5 Å². The average Bonchev–Trinajstić information content (AvgIpc) is 2.86. The zero-order valence-electron chi connectivity index (χ0n) is 12.1. The molecular formula is C14H19N3O3. The first-order valence-corrected chi connectivity index (χ1v) is 6.15. The number of benzene rings is 1. The van der Waals surface area contributed by atoms with Crippen molar-refractivity contribution in [2.45, 2.75) is 6.04 Å². The van der Waals surface area contributed by atoms with Crippen molar-refractivity contribution in [3.63, 3.8) is 0 Å². The normalized spacial score (nSPS) is 12.1. The van der Waals surface area contributed by atoms with Crippen LogP contribution < -0.4 is 19.9 Å². The lowest BCUT2D eigenvalue weighted by Gasteiger charge is -2.18. The van der Waals surface area contributed by atoms with Crippen LogP contribution in [0.3, 0.4) is 0 Å². The highest BCUT2D eigenvalue weighted by molar-refractivity contribution is 5.47. The fourth-order valence-corrected chi connectivity index (χ4v) is 2.16. The highest BCUT2D eigenvalue weighted by Gasteiger charge is 2.22. The van der Waals surface area contributed by atoms with Crippen LogP contribution in [-0.4, -0.2) is 31.1 Å². The number of rotatable bonds is 5. The fourth-order valence-electron chi connectivity index (χ4n) is 2.16. The van der Waals surface area contributed by atoms with Gasteiger partial charge in [0.1, 0.15) is 17.2 Å². The first-order chi connectivity index (χ1) is 9.62. The van der Waals surface area contributed by atoms with Gasteiger partial charge < -0.3 is 19.9 Å². The molecule has 0 amide bonds. The maximum atomic E-state index is 6.34. The SMILES string of the molecule is COc1ccc(C(N)c2c(OC)cnn2C)c(OC)c1. The van der Waals surface area contributed by atoms with Gasteiger partial charge in [0.25, 0.3) is 0 Å². The topological polar surface area (TPSA) is 71.5 Å². The second-order valence-corrected chi connectivity index (χ2v) is 4.31. The molecule has 1 aromatic heterocycles. The van der Waals surface area contributed by atoms with Gasteiger partial charge in [0.05, 0.1) is 33.6 Å². The Bertz CT molecular complexity index is 595. The van der Waals surface area contributed by atoms with Crippen LogP contribution in [0.2, 0.25) is 0 Å². The third-order valence-electron chi connectivity index (χ3n) is 3.24. The molecule has 1 unspecified atom stereocenters. The number of methoxy groups -OCH3 is 3. The third-order valence-corrected chi connectivity index (χ3v) is 3.24. The molecule has 2 rings (SSSR count). The second kappa shape index (κ2) is 5.83. The van der Waals surface area contributed by atoms with Crippen LogP contribution in [0.1, 0.15) is 17.3 Å². The Labute approximate surface area is 118 Å². The number of hydrogen-bond donors (Lipinski definition) is 1. The molecule has 0 spiro atoms. The first kappa shape index (κ1) is 14.2. The molecule has 1 heterocycles. The summed E-state index contributed by atoms with van der Waals surface area (Å²) in [5, 5.41) is 4.17. The minimum atomic E-state index is -0.404. The van der Waals surface area contributed by atoms with Crippen molar-refractivity contribution < 1.29 is 14.2 Å². The summed E-state index contributed by atoms with van der Waals surface area (Å²) < 4.78 is 17.6. The van der Waals surface area contributed by atoms with Crippen molar-refractivity contribution in [2.24, 2.45) is 12.8 Å². The maximum absolute atomic E-state index is 6.34. The molecule has 0 aliphatic carbocycles. The van der Waals surface area contributed by atoms with Crippen molar-refractivity contribution in [3.8, 4) is 17.2 Å². The van der Waals surface area contributed by atoms with Crippen molar-refractivity contribution in [2.75, 3.05) is 21.3 Å². The summed E-state index contributed by atoms with van der Waals surface area (Å²) in [5.74, 6) is 2.03. The summed E-state index contributed by atoms with van der Waals surface area (Å²) in [4.78, 5) is 0. The monoisotopic (exact) mass is 277 g/mol. The molecule has 0 radical (unpaired) electrons. The number of aryl methyl sites for hydroxylation is 1. The van der Waals surface area contributed by atoms with Crippen molar-refractivity contribution in [1.29, 1.82) is 0 Å². The van der Waals surface area contributed by atoms with Gasteiger partial charge in [-0.25, -0.2) is 0 Å². The van der Waals surface area contributed by atoms with Gasteiger partial charge in [0.2, 0.25) is 0 Å². The molecule has 0 aliphatic rings. The minimum Gasteiger partial charge on any atom is -0.497 e. The summed E-state index contributed by atoms with van der Waals surface area (Å²) in [5.41, 5.74) is 7.97. The summed E-state index contributed by atoms with van der Waals surface area (Å²) in [6, 6.07) is 5.13. The minimum absolute atomic E-state index is 0.404. The van der Waals surface area contributed by atoms with Crippen LogP contribution in [0.25, 0.3) is 0 Å². The number of hydrogen-bond acceptors (Lipinski definition) is 5. The third kappa shape index (κ3) is 2.42. The molecule has 6 heteroatoms. The molecule has 2 N–H and O–H groups in total. The van der Waals surface area contributed by atoms with Gasteiger partial charge in [0, 0.05) is 18.7 Å². The Morgan fingerprint density at radius 1 is 1.10 bits per heavy atom. The van der Waals surface area contributed by atoms with Crippen LogP contribution in [0.4, 0.5) is 0 Å². The molecule has 0 aliphatic heterocycles. The highest BCUT2D eigenvalue weighted by atomic mass is 16.5. The number of aromatic nitrogens is 2. The Balaban J connectivity index is 2.47. The van der Waals surface area contributed by atoms with E-state index in [1.807, 2.05) is 19.2 Å². The van der Waals surface area contributed by atoms with Crippen LogP contribution in [0.15, 0.2) is 24.4 Å². The predicted molar refractivity (Wildman–Crippen MR) is 75.3 cm³/mol. The highest BCUT2D eigenvalue weighted by Crippen LogP contribution is 2.34. The lowest BCUT2D eigenvalue weighted by atomic mass is 10.0. The van der Waals surface area contributed by atoms with Gasteiger partial charge in [-0.05, 0) is 12.1 Å². The zero-order chi connectivity index (χ0) is 14.7. The van der Waals surface area contributed by atoms with E-state index < -0.39 is 6.04 Å². The Morgan fingerprint density at radius 2 is 1.80 bits per heavy atom. The maximum Gasteiger partial charge on any atom is 0.161 e. The van der Waals surface area contributed by atoms with Gasteiger partial charge in [-0.15, -0.1) is 0 Å². The number of ether oxygens (including phenoxy) is 3. The Kier molecular flexibility index (Phi) is 4.14. The van der Waals surface area contributed by atoms with Crippen LogP contribution in [0.5, 0.6) is 17.2 Å². The molecule has 20 heavy (non-hydrogen) atoms. The second-order valence-electron chi connectivity index (χ2n) is 4.31. The van der Waals surface area contributed by atoms with E-state index in [1.54, 1.807) is 38.3 Å². The molecular weight excluding hydrogens is 258 g/mol. The predicted octanol–water partition coefficient (Wildman–Crippen LogP) is 1.49. The molecule has 2 aromatic rings. The molecule has 108 valence electrons. The fraction of sp³-hybridized carbons (Fsp3) is 0.357. The number of nitrogens with zero attached hydrogens (tertiary/aromatic N) is 2. The van der Waals surface area contributed by atoms with E-state index in [0.717, 1.165) is 17.0 Å². The van der Waals surface area contributed by atoms with E-state index in [9.17, 15) is 0 Å². The van der Waals surface area contributed by atoms with Gasteiger partial charge in [-0.2, -0.15) is 5.10 Å². The zero-order valence-corrected chi connectivity index (χ0v) is 12.1. The van der Waals surface area contributed by atoms with Gasteiger partial charge in [0.15, 0.2) is 5.75 Å². The van der Waals surface area contributed by atoms with E-state index in [2.05, 4.69) is 5.10 Å². The summed E-state index contributed by atoms with van der Waals surface area (Å²) in [7, 11) is 6.64. The Hall–Kier alpha value is -2.21. The van der Waals surface area contributed by atoms with E-state index in [1.165, 1.54) is 0 Å². The van der Waals surface area contributed by atoms with Crippen molar-refractivity contribution in [1.82, 2.24) is 9.78 Å². The van der Waals surface area contributed by atoms with Crippen LogP contribution in [-0.2, 0) is 7.05 Å². The largest absolute Gasteiger partial charge is 0.497 e. The lowest BCUT2D eigenvalue weighted by Crippen LogP contribution is -2.17. The average molecular weight is 277 g/mol. The molecule has 0 bridgehead atoms. The Morgan fingerprint density at radius 3 is 2.40 bits per heavy atom. The van der Waals surface area contributed by atoms with Crippen LogP contribution in [0, 0.1) is 0 Å².